The van der Waals surface area contributed by atoms with E-state index in [2.05, 4.69) is 20.4 Å². The molecule has 3 aromatic rings. The summed E-state index contributed by atoms with van der Waals surface area (Å²) in [7, 11) is 0. The van der Waals surface area contributed by atoms with Crippen LogP contribution in [0.2, 0.25) is 0 Å². The Hall–Kier alpha value is -1.93. The van der Waals surface area contributed by atoms with Gasteiger partial charge in [0, 0.05) is 22.4 Å². The van der Waals surface area contributed by atoms with E-state index in [0.29, 0.717) is 0 Å². The number of amides is 1. The molecule has 0 aliphatic heterocycles. The number of aromatic nitrogens is 4. The summed E-state index contributed by atoms with van der Waals surface area (Å²) < 4.78 is 1.81. The molecule has 1 atom stereocenters. The normalized spacial score (nSPS) is 14.7. The molecule has 4 rings (SSSR count). The fourth-order valence-electron chi connectivity index (χ4n) is 3.42. The summed E-state index contributed by atoms with van der Waals surface area (Å²) in [6.45, 7) is 7.92. The summed E-state index contributed by atoms with van der Waals surface area (Å²) in [5.41, 5.74) is 1.39. The largest absolute Gasteiger partial charge is 0.310 e. The third-order valence-electron chi connectivity index (χ3n) is 4.71. The monoisotopic (exact) mass is 401 g/mol. The molecule has 1 aliphatic carbocycles. The molecule has 1 amide bonds. The second-order valence-corrected chi connectivity index (χ2v) is 9.53. The van der Waals surface area contributed by atoms with Crippen molar-refractivity contribution in [3.05, 3.63) is 28.5 Å². The lowest BCUT2D eigenvalue weighted by Crippen LogP contribution is -2.24. The van der Waals surface area contributed by atoms with Crippen LogP contribution in [0.25, 0.3) is 10.2 Å². The quantitative estimate of drug-likeness (QED) is 0.507. The standard InChI is InChI=1S/C19H23N5OS2/c1-10(2)24-15(8-9-20-24)23-17(25)11(3)26-18-16-13-6-5-7-14(13)27-19(16)22-12(4)21-18/h8-11H,5-7H2,1-4H3,(H,23,25)/t11-/m1/s1. The van der Waals surface area contributed by atoms with E-state index in [1.807, 2.05) is 38.4 Å². The predicted molar refractivity (Wildman–Crippen MR) is 111 cm³/mol. The van der Waals surface area contributed by atoms with Gasteiger partial charge in [0.2, 0.25) is 5.91 Å². The number of hydrogen-bond acceptors (Lipinski definition) is 6. The van der Waals surface area contributed by atoms with Crippen molar-refractivity contribution in [2.45, 2.75) is 63.3 Å². The summed E-state index contributed by atoms with van der Waals surface area (Å²) in [6, 6.07) is 2.02. The summed E-state index contributed by atoms with van der Waals surface area (Å²) in [5.74, 6) is 1.44. The van der Waals surface area contributed by atoms with Gasteiger partial charge in [0.25, 0.3) is 0 Å². The van der Waals surface area contributed by atoms with Gasteiger partial charge in [-0.2, -0.15) is 5.10 Å². The van der Waals surface area contributed by atoms with Crippen LogP contribution in [-0.2, 0) is 17.6 Å². The second-order valence-electron chi connectivity index (χ2n) is 7.12. The lowest BCUT2D eigenvalue weighted by molar-refractivity contribution is -0.115. The van der Waals surface area contributed by atoms with E-state index in [1.165, 1.54) is 28.6 Å². The molecule has 3 heterocycles. The van der Waals surface area contributed by atoms with Gasteiger partial charge in [-0.25, -0.2) is 14.6 Å². The molecule has 6 nitrogen and oxygen atoms in total. The molecule has 27 heavy (non-hydrogen) atoms. The molecule has 0 fully saturated rings. The fourth-order valence-corrected chi connectivity index (χ4v) is 5.82. The molecular weight excluding hydrogens is 378 g/mol. The van der Waals surface area contributed by atoms with Gasteiger partial charge in [-0.05, 0) is 52.5 Å². The van der Waals surface area contributed by atoms with Crippen LogP contribution in [0, 0.1) is 6.92 Å². The minimum Gasteiger partial charge on any atom is -0.310 e. The maximum Gasteiger partial charge on any atom is 0.238 e. The molecular formula is C19H23N5OS2. The molecule has 142 valence electrons. The van der Waals surface area contributed by atoms with Crippen LogP contribution in [0.3, 0.4) is 0 Å². The third kappa shape index (κ3) is 3.48. The minimum absolute atomic E-state index is 0.0429. The van der Waals surface area contributed by atoms with Crippen LogP contribution in [0.1, 0.15) is 49.5 Å². The average molecular weight is 402 g/mol. The molecule has 0 spiro atoms. The van der Waals surface area contributed by atoms with E-state index in [1.54, 1.807) is 17.5 Å². The van der Waals surface area contributed by atoms with Gasteiger partial charge < -0.3 is 5.32 Å². The van der Waals surface area contributed by atoms with Gasteiger partial charge in [0.1, 0.15) is 21.5 Å². The Morgan fingerprint density at radius 2 is 2.11 bits per heavy atom. The van der Waals surface area contributed by atoms with Crippen LogP contribution in [-0.4, -0.2) is 30.9 Å². The highest BCUT2D eigenvalue weighted by atomic mass is 32.2. The second kappa shape index (κ2) is 7.24. The van der Waals surface area contributed by atoms with Gasteiger partial charge in [0.15, 0.2) is 0 Å². The zero-order valence-corrected chi connectivity index (χ0v) is 17.6. The van der Waals surface area contributed by atoms with E-state index in [-0.39, 0.29) is 17.2 Å². The van der Waals surface area contributed by atoms with E-state index < -0.39 is 0 Å². The maximum atomic E-state index is 12.8. The molecule has 0 aromatic carbocycles. The van der Waals surface area contributed by atoms with Crippen LogP contribution in [0.5, 0.6) is 0 Å². The first-order valence-electron chi connectivity index (χ1n) is 9.24. The Labute approximate surface area is 166 Å². The summed E-state index contributed by atoms with van der Waals surface area (Å²) >= 11 is 3.30. The molecule has 0 saturated carbocycles. The third-order valence-corrected chi connectivity index (χ3v) is 6.98. The molecule has 3 aromatic heterocycles. The van der Waals surface area contributed by atoms with Crippen LogP contribution < -0.4 is 5.32 Å². The van der Waals surface area contributed by atoms with Crippen molar-refractivity contribution in [2.75, 3.05) is 5.32 Å². The van der Waals surface area contributed by atoms with Gasteiger partial charge in [-0.15, -0.1) is 11.3 Å². The van der Waals surface area contributed by atoms with Crippen molar-refractivity contribution >= 4 is 45.0 Å². The van der Waals surface area contributed by atoms with Gasteiger partial charge in [0.05, 0.1) is 11.4 Å². The first-order chi connectivity index (χ1) is 12.9. The number of carbonyl (C=O) groups excluding carboxylic acids is 1. The number of thioether (sulfide) groups is 1. The molecule has 8 heteroatoms. The van der Waals surface area contributed by atoms with Crippen molar-refractivity contribution < 1.29 is 4.79 Å². The SMILES string of the molecule is Cc1nc(S[C@H](C)C(=O)Nc2ccnn2C(C)C)c2c3c(sc2n1)CCC3. The first-order valence-corrected chi connectivity index (χ1v) is 10.9. The zero-order chi connectivity index (χ0) is 19.1. The summed E-state index contributed by atoms with van der Waals surface area (Å²) in [6.07, 6.45) is 5.13. The fraction of sp³-hybridized carbons (Fsp3) is 0.474. The van der Waals surface area contributed by atoms with Crippen molar-refractivity contribution in [1.82, 2.24) is 19.7 Å². The highest BCUT2D eigenvalue weighted by molar-refractivity contribution is 8.00. The number of hydrogen-bond donors (Lipinski definition) is 1. The maximum absolute atomic E-state index is 12.8. The Kier molecular flexibility index (Phi) is 4.94. The number of thiophene rings is 1. The minimum atomic E-state index is -0.269. The highest BCUT2D eigenvalue weighted by Crippen LogP contribution is 2.41. The molecule has 0 saturated heterocycles. The number of carbonyl (C=O) groups is 1. The van der Waals surface area contributed by atoms with Crippen molar-refractivity contribution in [1.29, 1.82) is 0 Å². The lowest BCUT2D eigenvalue weighted by atomic mass is 10.2. The van der Waals surface area contributed by atoms with E-state index >= 15 is 0 Å². The molecule has 0 radical (unpaired) electrons. The predicted octanol–water partition coefficient (Wildman–Crippen LogP) is 4.39. The van der Waals surface area contributed by atoms with E-state index in [9.17, 15) is 4.79 Å². The van der Waals surface area contributed by atoms with Crippen molar-refractivity contribution in [2.24, 2.45) is 0 Å². The number of anilines is 1. The lowest BCUT2D eigenvalue weighted by Gasteiger charge is -2.15. The number of fused-ring (bicyclic) bond motifs is 3. The highest BCUT2D eigenvalue weighted by Gasteiger charge is 2.25. The topological polar surface area (TPSA) is 72.7 Å². The summed E-state index contributed by atoms with van der Waals surface area (Å²) in [4.78, 5) is 24.6. The number of nitrogens with one attached hydrogen (secondary N) is 1. The Bertz CT molecular complexity index is 1010. The Balaban J connectivity index is 1.58. The Morgan fingerprint density at radius 3 is 2.89 bits per heavy atom. The molecule has 1 aliphatic rings. The van der Waals surface area contributed by atoms with E-state index in [4.69, 9.17) is 0 Å². The first kappa shape index (κ1) is 18.4. The van der Waals surface area contributed by atoms with Crippen molar-refractivity contribution in [3.63, 3.8) is 0 Å². The van der Waals surface area contributed by atoms with Crippen LogP contribution in [0.15, 0.2) is 17.3 Å². The van der Waals surface area contributed by atoms with Gasteiger partial charge >= 0.3 is 0 Å². The molecule has 1 N–H and O–H groups in total. The van der Waals surface area contributed by atoms with E-state index in [0.717, 1.165) is 39.7 Å². The van der Waals surface area contributed by atoms with Crippen LogP contribution in [0.4, 0.5) is 5.82 Å². The van der Waals surface area contributed by atoms with Gasteiger partial charge in [-0.1, -0.05) is 11.8 Å². The number of aryl methyl sites for hydroxylation is 3. The number of rotatable bonds is 5. The smallest absolute Gasteiger partial charge is 0.238 e. The average Bonchev–Trinajstić information content (AvgIpc) is 3.29. The van der Waals surface area contributed by atoms with Crippen LogP contribution >= 0.6 is 23.1 Å². The molecule has 0 unspecified atom stereocenters. The number of nitrogens with zero attached hydrogens (tertiary/aromatic N) is 4. The molecule has 0 bridgehead atoms. The summed E-state index contributed by atoms with van der Waals surface area (Å²) in [5, 5.41) is 9.09. The van der Waals surface area contributed by atoms with Gasteiger partial charge in [-0.3, -0.25) is 4.79 Å². The van der Waals surface area contributed by atoms with Crippen molar-refractivity contribution in [3.8, 4) is 0 Å². The Morgan fingerprint density at radius 1 is 1.30 bits per heavy atom. The zero-order valence-electron chi connectivity index (χ0n) is 15.9.